The standard InChI is InChI=1S/C12H16N2O6/c1-2-4-13-8(16)3-5-14(12(13)19)11-10(18)9(17)7(6-15)20-11/h2-3,5,7,9-11,15,17-18H,1,4,6H2/t7-,9-,10+,11-/m1/s1. The summed E-state index contributed by atoms with van der Waals surface area (Å²) in [6.45, 7) is 2.99. The minimum Gasteiger partial charge on any atom is -0.394 e. The maximum atomic E-state index is 12.2. The second kappa shape index (κ2) is 5.71. The number of hydrogen-bond acceptors (Lipinski definition) is 6. The molecule has 20 heavy (non-hydrogen) atoms. The Morgan fingerprint density at radius 2 is 2.05 bits per heavy atom. The highest BCUT2D eigenvalue weighted by atomic mass is 16.6. The highest BCUT2D eigenvalue weighted by Gasteiger charge is 2.43. The Hall–Kier alpha value is -1.74. The topological polar surface area (TPSA) is 114 Å². The number of allylic oxidation sites excluding steroid dienone is 1. The molecule has 1 aliphatic rings. The van der Waals surface area contributed by atoms with E-state index in [0.717, 1.165) is 15.2 Å². The van der Waals surface area contributed by atoms with Crippen molar-refractivity contribution in [3.63, 3.8) is 0 Å². The van der Waals surface area contributed by atoms with Gasteiger partial charge in [0.1, 0.15) is 18.3 Å². The lowest BCUT2D eigenvalue weighted by Gasteiger charge is -2.18. The van der Waals surface area contributed by atoms with E-state index in [4.69, 9.17) is 9.84 Å². The SMILES string of the molecule is C=CCn1c(=O)ccn([C@@H]2O[C@H](CO)[C@@H](O)[C@@H]2O)c1=O. The summed E-state index contributed by atoms with van der Waals surface area (Å²) in [5.41, 5.74) is -1.19. The molecule has 0 aliphatic carbocycles. The molecule has 4 atom stereocenters. The summed E-state index contributed by atoms with van der Waals surface area (Å²) in [5, 5.41) is 28.6. The molecule has 0 radical (unpaired) electrons. The third kappa shape index (κ3) is 2.34. The first-order valence-electron chi connectivity index (χ1n) is 6.06. The Bertz CT molecular complexity index is 607. The van der Waals surface area contributed by atoms with Crippen LogP contribution in [0.1, 0.15) is 6.23 Å². The number of hydrogen-bond donors (Lipinski definition) is 3. The Morgan fingerprint density at radius 1 is 1.35 bits per heavy atom. The van der Waals surface area contributed by atoms with Gasteiger partial charge in [-0.2, -0.15) is 0 Å². The lowest BCUT2D eigenvalue weighted by molar-refractivity contribution is -0.0555. The van der Waals surface area contributed by atoms with Crippen molar-refractivity contribution in [2.45, 2.75) is 31.1 Å². The van der Waals surface area contributed by atoms with Crippen LogP contribution in [0.25, 0.3) is 0 Å². The fourth-order valence-corrected chi connectivity index (χ4v) is 2.13. The molecular weight excluding hydrogens is 268 g/mol. The van der Waals surface area contributed by atoms with Crippen LogP contribution in [-0.2, 0) is 11.3 Å². The molecule has 0 amide bonds. The zero-order valence-electron chi connectivity index (χ0n) is 10.6. The van der Waals surface area contributed by atoms with Gasteiger partial charge in [-0.1, -0.05) is 6.08 Å². The lowest BCUT2D eigenvalue weighted by Crippen LogP contribution is -2.42. The highest BCUT2D eigenvalue weighted by Crippen LogP contribution is 2.27. The predicted molar refractivity (Wildman–Crippen MR) is 68.2 cm³/mol. The fraction of sp³-hybridized carbons (Fsp3) is 0.500. The van der Waals surface area contributed by atoms with Crippen LogP contribution in [0.4, 0.5) is 0 Å². The van der Waals surface area contributed by atoms with E-state index in [0.29, 0.717) is 0 Å². The molecule has 3 N–H and O–H groups in total. The molecule has 1 aromatic heterocycles. The van der Waals surface area contributed by atoms with Crippen LogP contribution in [0.5, 0.6) is 0 Å². The van der Waals surface area contributed by atoms with Crippen molar-refractivity contribution in [2.24, 2.45) is 0 Å². The first-order chi connectivity index (χ1) is 9.51. The number of aliphatic hydroxyl groups excluding tert-OH is 3. The Kier molecular flexibility index (Phi) is 4.19. The van der Waals surface area contributed by atoms with E-state index in [2.05, 4.69) is 6.58 Å². The molecule has 1 aliphatic heterocycles. The predicted octanol–water partition coefficient (Wildman–Crippen LogP) is -2.19. The maximum Gasteiger partial charge on any atom is 0.333 e. The van der Waals surface area contributed by atoms with Crippen LogP contribution in [-0.4, -0.2) is 49.4 Å². The number of rotatable bonds is 4. The van der Waals surface area contributed by atoms with Gasteiger partial charge in [-0.15, -0.1) is 6.58 Å². The quantitative estimate of drug-likeness (QED) is 0.541. The minimum absolute atomic E-state index is 0.0211. The van der Waals surface area contributed by atoms with E-state index in [-0.39, 0.29) is 6.54 Å². The van der Waals surface area contributed by atoms with Crippen molar-refractivity contribution in [1.82, 2.24) is 9.13 Å². The van der Waals surface area contributed by atoms with E-state index < -0.39 is 42.4 Å². The largest absolute Gasteiger partial charge is 0.394 e. The fourth-order valence-electron chi connectivity index (χ4n) is 2.13. The van der Waals surface area contributed by atoms with Gasteiger partial charge in [0.15, 0.2) is 6.23 Å². The molecule has 0 unspecified atom stereocenters. The summed E-state index contributed by atoms with van der Waals surface area (Å²) in [4.78, 5) is 23.7. The Labute approximate surface area is 113 Å². The third-order valence-corrected chi connectivity index (χ3v) is 3.20. The molecule has 0 saturated carbocycles. The highest BCUT2D eigenvalue weighted by molar-refractivity contribution is 4.95. The van der Waals surface area contributed by atoms with Gasteiger partial charge >= 0.3 is 5.69 Å². The van der Waals surface area contributed by atoms with Gasteiger partial charge < -0.3 is 20.1 Å². The van der Waals surface area contributed by atoms with Crippen LogP contribution in [0, 0.1) is 0 Å². The number of ether oxygens (including phenoxy) is 1. The molecular formula is C12H16N2O6. The lowest BCUT2D eigenvalue weighted by atomic mass is 10.1. The van der Waals surface area contributed by atoms with Gasteiger partial charge in [0.2, 0.25) is 0 Å². The molecule has 8 heteroatoms. The zero-order valence-corrected chi connectivity index (χ0v) is 10.6. The maximum absolute atomic E-state index is 12.2. The molecule has 0 bridgehead atoms. The van der Waals surface area contributed by atoms with E-state index in [1.54, 1.807) is 0 Å². The monoisotopic (exact) mass is 284 g/mol. The summed E-state index contributed by atoms with van der Waals surface area (Å²) >= 11 is 0. The van der Waals surface area contributed by atoms with E-state index in [9.17, 15) is 19.8 Å². The van der Waals surface area contributed by atoms with Crippen molar-refractivity contribution in [1.29, 1.82) is 0 Å². The first kappa shape index (κ1) is 14.7. The molecule has 0 spiro atoms. The molecule has 1 aromatic rings. The van der Waals surface area contributed by atoms with Crippen LogP contribution in [0.15, 0.2) is 34.5 Å². The van der Waals surface area contributed by atoms with Crippen molar-refractivity contribution in [3.8, 4) is 0 Å². The second-order valence-electron chi connectivity index (χ2n) is 4.47. The van der Waals surface area contributed by atoms with Crippen molar-refractivity contribution in [3.05, 3.63) is 45.8 Å². The van der Waals surface area contributed by atoms with Crippen LogP contribution < -0.4 is 11.2 Å². The average molecular weight is 284 g/mol. The van der Waals surface area contributed by atoms with E-state index in [1.807, 2.05) is 0 Å². The first-order valence-corrected chi connectivity index (χ1v) is 6.06. The van der Waals surface area contributed by atoms with E-state index in [1.165, 1.54) is 12.3 Å². The van der Waals surface area contributed by atoms with Crippen molar-refractivity contribution in [2.75, 3.05) is 6.61 Å². The average Bonchev–Trinajstić information content (AvgIpc) is 2.71. The normalized spacial score (nSPS) is 29.6. The van der Waals surface area contributed by atoms with E-state index >= 15 is 0 Å². The smallest absolute Gasteiger partial charge is 0.333 e. The summed E-state index contributed by atoms with van der Waals surface area (Å²) in [6.07, 6.45) is -2.25. The van der Waals surface area contributed by atoms with Gasteiger partial charge in [0.25, 0.3) is 5.56 Å². The van der Waals surface area contributed by atoms with Crippen LogP contribution in [0.2, 0.25) is 0 Å². The zero-order chi connectivity index (χ0) is 14.9. The van der Waals surface area contributed by atoms with Crippen molar-refractivity contribution >= 4 is 0 Å². The number of aromatic nitrogens is 2. The summed E-state index contributed by atoms with van der Waals surface area (Å²) in [5.74, 6) is 0. The summed E-state index contributed by atoms with van der Waals surface area (Å²) < 4.78 is 7.17. The van der Waals surface area contributed by atoms with Gasteiger partial charge in [-0.25, -0.2) is 4.79 Å². The molecule has 2 heterocycles. The summed E-state index contributed by atoms with van der Waals surface area (Å²) in [6, 6.07) is 1.15. The van der Waals surface area contributed by atoms with Gasteiger partial charge in [0, 0.05) is 18.8 Å². The van der Waals surface area contributed by atoms with Gasteiger partial charge in [-0.3, -0.25) is 13.9 Å². The van der Waals surface area contributed by atoms with Crippen LogP contribution in [0.3, 0.4) is 0 Å². The minimum atomic E-state index is -1.38. The number of aliphatic hydroxyl groups is 3. The third-order valence-electron chi connectivity index (χ3n) is 3.20. The molecule has 8 nitrogen and oxygen atoms in total. The van der Waals surface area contributed by atoms with Crippen LogP contribution >= 0.6 is 0 Å². The molecule has 110 valence electrons. The summed E-state index contributed by atoms with van der Waals surface area (Å²) in [7, 11) is 0. The molecule has 1 fully saturated rings. The van der Waals surface area contributed by atoms with Gasteiger partial charge in [-0.05, 0) is 0 Å². The Morgan fingerprint density at radius 3 is 2.60 bits per heavy atom. The molecule has 0 aromatic carbocycles. The van der Waals surface area contributed by atoms with Crippen molar-refractivity contribution < 1.29 is 20.1 Å². The second-order valence-corrected chi connectivity index (χ2v) is 4.47. The van der Waals surface area contributed by atoms with Gasteiger partial charge in [0.05, 0.1) is 6.61 Å². The molecule has 1 saturated heterocycles. The Balaban J connectivity index is 2.44. The molecule has 2 rings (SSSR count). The number of nitrogens with zero attached hydrogens (tertiary/aromatic N) is 2.